The highest BCUT2D eigenvalue weighted by Crippen LogP contribution is 2.29. The van der Waals surface area contributed by atoms with E-state index in [2.05, 4.69) is 37.8 Å². The van der Waals surface area contributed by atoms with Crippen LogP contribution in [0.2, 0.25) is 0 Å². The topological polar surface area (TPSA) is 116 Å². The number of anilines is 1. The molecule has 4 N–H and O–H groups in total. The molecule has 1 aromatic carbocycles. The third-order valence-corrected chi connectivity index (χ3v) is 5.45. The van der Waals surface area contributed by atoms with Crippen molar-refractivity contribution < 1.29 is 5.11 Å². The number of hydrogen-bond acceptors (Lipinski definition) is 7. The number of pyridine rings is 2. The van der Waals surface area contributed by atoms with Crippen LogP contribution in [0.15, 0.2) is 67.1 Å². The fraction of sp³-hybridized carbons (Fsp3) is 0.200. The Morgan fingerprint density at radius 2 is 1.94 bits per heavy atom. The number of aliphatic hydroxyl groups excluding tert-OH is 1. The first-order chi connectivity index (χ1) is 16.7. The maximum absolute atomic E-state index is 8.96. The molecule has 0 aliphatic heterocycles. The number of nitrogens with one attached hydrogen (secondary N) is 3. The van der Waals surface area contributed by atoms with Gasteiger partial charge in [0, 0.05) is 36.2 Å². The highest BCUT2D eigenvalue weighted by atomic mass is 16.3. The maximum atomic E-state index is 8.96. The van der Waals surface area contributed by atoms with E-state index in [1.165, 1.54) is 6.33 Å². The van der Waals surface area contributed by atoms with Crippen LogP contribution in [0.3, 0.4) is 0 Å². The lowest BCUT2D eigenvalue weighted by atomic mass is 10.1. The van der Waals surface area contributed by atoms with E-state index in [0.29, 0.717) is 19.6 Å². The molecule has 0 spiro atoms. The minimum atomic E-state index is 0.126. The molecule has 34 heavy (non-hydrogen) atoms. The zero-order valence-electron chi connectivity index (χ0n) is 18.9. The Kier molecular flexibility index (Phi) is 6.28. The monoisotopic (exact) mass is 454 g/mol. The van der Waals surface area contributed by atoms with Crippen molar-refractivity contribution in [2.24, 2.45) is 0 Å². The van der Waals surface area contributed by atoms with E-state index in [-0.39, 0.29) is 6.61 Å². The summed E-state index contributed by atoms with van der Waals surface area (Å²) in [7, 11) is 0. The van der Waals surface area contributed by atoms with Crippen LogP contribution in [-0.4, -0.2) is 47.8 Å². The van der Waals surface area contributed by atoms with Crippen molar-refractivity contribution in [3.8, 4) is 22.6 Å². The van der Waals surface area contributed by atoms with E-state index in [4.69, 9.17) is 15.1 Å². The van der Waals surface area contributed by atoms with Crippen molar-refractivity contribution in [2.45, 2.75) is 20.0 Å². The first kappa shape index (κ1) is 21.7. The number of fused-ring (bicyclic) bond motifs is 1. The molecule has 0 aliphatic carbocycles. The number of rotatable bonds is 9. The second-order valence-corrected chi connectivity index (χ2v) is 8.01. The second-order valence-electron chi connectivity index (χ2n) is 8.01. The molecule has 9 nitrogen and oxygen atoms in total. The van der Waals surface area contributed by atoms with Crippen LogP contribution in [0.1, 0.15) is 17.1 Å². The predicted octanol–water partition coefficient (Wildman–Crippen LogP) is 3.18. The lowest BCUT2D eigenvalue weighted by Crippen LogP contribution is -2.17. The number of aromatic nitrogens is 6. The van der Waals surface area contributed by atoms with E-state index in [1.54, 1.807) is 4.52 Å². The molecule has 4 aromatic heterocycles. The fourth-order valence-corrected chi connectivity index (χ4v) is 3.83. The molecular formula is C25H26N8O. The van der Waals surface area contributed by atoms with E-state index in [0.717, 1.165) is 51.1 Å². The third kappa shape index (κ3) is 4.80. The van der Waals surface area contributed by atoms with Gasteiger partial charge in [0.1, 0.15) is 12.2 Å². The molecule has 0 fully saturated rings. The second kappa shape index (κ2) is 9.82. The Morgan fingerprint density at radius 3 is 2.82 bits per heavy atom. The Hall–Kier alpha value is -4.08. The first-order valence-corrected chi connectivity index (χ1v) is 11.2. The van der Waals surface area contributed by atoms with Gasteiger partial charge in [0.25, 0.3) is 0 Å². The summed E-state index contributed by atoms with van der Waals surface area (Å²) < 4.78 is 1.74. The van der Waals surface area contributed by atoms with Gasteiger partial charge < -0.3 is 20.7 Å². The summed E-state index contributed by atoms with van der Waals surface area (Å²) >= 11 is 0. The quantitative estimate of drug-likeness (QED) is 0.253. The van der Waals surface area contributed by atoms with Crippen molar-refractivity contribution >= 4 is 11.3 Å². The number of benzene rings is 1. The average Bonchev–Trinajstić information content (AvgIpc) is 3.50. The molecule has 0 bridgehead atoms. The average molecular weight is 455 g/mol. The van der Waals surface area contributed by atoms with Gasteiger partial charge in [-0.25, -0.2) is 14.5 Å². The van der Waals surface area contributed by atoms with Crippen LogP contribution < -0.4 is 10.6 Å². The molecule has 0 amide bonds. The van der Waals surface area contributed by atoms with Gasteiger partial charge >= 0.3 is 0 Å². The van der Waals surface area contributed by atoms with Gasteiger partial charge in [-0.05, 0) is 48.9 Å². The summed E-state index contributed by atoms with van der Waals surface area (Å²) in [5.41, 5.74) is 7.31. The zero-order valence-corrected chi connectivity index (χ0v) is 18.9. The van der Waals surface area contributed by atoms with E-state index < -0.39 is 0 Å². The summed E-state index contributed by atoms with van der Waals surface area (Å²) in [5.74, 6) is 0.802. The molecule has 0 atom stereocenters. The lowest BCUT2D eigenvalue weighted by molar-refractivity contribution is 0.292. The van der Waals surface area contributed by atoms with Gasteiger partial charge in [-0.15, -0.1) is 0 Å². The third-order valence-electron chi connectivity index (χ3n) is 5.45. The SMILES string of the molecule is Cc1cccc(-c2[nH]c(CNc3cccc(CNCCO)c3)nc2-c2ccc3ncnn3c2)n1. The number of aliphatic hydroxyl groups is 1. The molecule has 0 unspecified atom stereocenters. The van der Waals surface area contributed by atoms with E-state index >= 15 is 0 Å². The smallest absolute Gasteiger partial charge is 0.155 e. The summed E-state index contributed by atoms with van der Waals surface area (Å²) in [6.07, 6.45) is 3.47. The van der Waals surface area contributed by atoms with Gasteiger partial charge in [0.15, 0.2) is 5.65 Å². The Bertz CT molecular complexity index is 1410. The van der Waals surface area contributed by atoms with Crippen molar-refractivity contribution in [3.63, 3.8) is 0 Å². The number of aromatic amines is 1. The van der Waals surface area contributed by atoms with Crippen LogP contribution in [0, 0.1) is 6.92 Å². The highest BCUT2D eigenvalue weighted by Gasteiger charge is 2.16. The molecule has 9 heteroatoms. The Morgan fingerprint density at radius 1 is 1.03 bits per heavy atom. The molecule has 5 aromatic rings. The highest BCUT2D eigenvalue weighted by molar-refractivity contribution is 5.77. The van der Waals surface area contributed by atoms with Gasteiger partial charge in [0.05, 0.1) is 30.2 Å². The number of imidazole rings is 1. The molecule has 0 saturated heterocycles. The minimum Gasteiger partial charge on any atom is -0.395 e. The molecule has 4 heterocycles. The summed E-state index contributed by atoms with van der Waals surface area (Å²) in [6.45, 7) is 3.91. The molecule has 0 radical (unpaired) electrons. The minimum absolute atomic E-state index is 0.126. The van der Waals surface area contributed by atoms with Crippen LogP contribution in [0.25, 0.3) is 28.3 Å². The van der Waals surface area contributed by atoms with Gasteiger partial charge in [-0.3, -0.25) is 4.98 Å². The fourth-order valence-electron chi connectivity index (χ4n) is 3.83. The number of hydrogen-bond donors (Lipinski definition) is 4. The summed E-state index contributed by atoms with van der Waals surface area (Å²) in [4.78, 5) is 17.3. The van der Waals surface area contributed by atoms with Crippen LogP contribution in [0.5, 0.6) is 0 Å². The van der Waals surface area contributed by atoms with E-state index in [1.807, 2.05) is 55.6 Å². The van der Waals surface area contributed by atoms with Crippen LogP contribution in [-0.2, 0) is 13.1 Å². The normalized spacial score (nSPS) is 11.2. The number of nitrogens with zero attached hydrogens (tertiary/aromatic N) is 5. The number of aryl methyl sites for hydroxylation is 1. The van der Waals surface area contributed by atoms with Crippen molar-refractivity contribution in [1.82, 2.24) is 34.9 Å². The molecule has 172 valence electrons. The standard InChI is InChI=1S/C25H26N8O/c1-17-4-2-7-21(30-17)25-24(19-8-9-23-28-16-29-33(23)15-19)31-22(32-25)14-27-20-6-3-5-18(12-20)13-26-10-11-34/h2-9,12,15-16,26-27,34H,10-11,13-14H2,1H3,(H,31,32). The molecule has 5 rings (SSSR count). The first-order valence-electron chi connectivity index (χ1n) is 11.2. The van der Waals surface area contributed by atoms with E-state index in [9.17, 15) is 0 Å². The van der Waals surface area contributed by atoms with Crippen molar-refractivity contribution in [1.29, 1.82) is 0 Å². The van der Waals surface area contributed by atoms with Gasteiger partial charge in [0.2, 0.25) is 0 Å². The molecule has 0 aliphatic rings. The zero-order chi connectivity index (χ0) is 23.3. The molecular weight excluding hydrogens is 428 g/mol. The maximum Gasteiger partial charge on any atom is 0.155 e. The summed E-state index contributed by atoms with van der Waals surface area (Å²) in [5, 5.41) is 19.9. The van der Waals surface area contributed by atoms with Gasteiger partial charge in [-0.1, -0.05) is 18.2 Å². The van der Waals surface area contributed by atoms with Crippen molar-refractivity contribution in [2.75, 3.05) is 18.5 Å². The van der Waals surface area contributed by atoms with Crippen LogP contribution >= 0.6 is 0 Å². The predicted molar refractivity (Wildman–Crippen MR) is 131 cm³/mol. The Labute approximate surface area is 196 Å². The largest absolute Gasteiger partial charge is 0.395 e. The molecule has 0 saturated carbocycles. The van der Waals surface area contributed by atoms with Gasteiger partial charge in [-0.2, -0.15) is 5.10 Å². The number of H-pyrrole nitrogens is 1. The summed E-state index contributed by atoms with van der Waals surface area (Å²) in [6, 6.07) is 18.1. The Balaban J connectivity index is 1.43. The van der Waals surface area contributed by atoms with Crippen molar-refractivity contribution in [3.05, 3.63) is 84.2 Å². The lowest BCUT2D eigenvalue weighted by Gasteiger charge is -2.08. The van der Waals surface area contributed by atoms with Crippen LogP contribution in [0.4, 0.5) is 5.69 Å².